The zero-order chi connectivity index (χ0) is 25.0. The quantitative estimate of drug-likeness (QED) is 0.653. The average Bonchev–Trinajstić information content (AvgIpc) is 2.88. The summed E-state index contributed by atoms with van der Waals surface area (Å²) in [5.41, 5.74) is 0.630. The Labute approximate surface area is 206 Å². The lowest BCUT2D eigenvalue weighted by atomic mass is 9.98. The Hall–Kier alpha value is -3.11. The van der Waals surface area contributed by atoms with Gasteiger partial charge in [-0.05, 0) is 49.1 Å². The van der Waals surface area contributed by atoms with Crippen LogP contribution in [0.1, 0.15) is 40.5 Å². The largest absolute Gasteiger partial charge is 0.496 e. The highest BCUT2D eigenvalue weighted by Crippen LogP contribution is 2.28. The summed E-state index contributed by atoms with van der Waals surface area (Å²) in [7, 11) is -2.64. The fourth-order valence-corrected chi connectivity index (χ4v) is 5.41. The molecule has 0 spiro atoms. The molecule has 0 aliphatic carbocycles. The highest BCUT2D eigenvalue weighted by atomic mass is 32.2. The first kappa shape index (κ1) is 25.0. The molecule has 0 aromatic heterocycles. The van der Waals surface area contributed by atoms with E-state index in [0.29, 0.717) is 51.1 Å². The van der Waals surface area contributed by atoms with Crippen molar-refractivity contribution in [1.29, 1.82) is 0 Å². The van der Waals surface area contributed by atoms with Gasteiger partial charge in [-0.25, -0.2) is 8.42 Å². The van der Waals surface area contributed by atoms with Crippen LogP contribution in [0.25, 0.3) is 0 Å². The molecule has 2 saturated heterocycles. The molecule has 35 heavy (non-hydrogen) atoms. The van der Waals surface area contributed by atoms with E-state index in [1.165, 1.54) is 25.3 Å². The van der Waals surface area contributed by atoms with Gasteiger partial charge in [0.05, 0.1) is 42.0 Å². The van der Waals surface area contributed by atoms with Crippen molar-refractivity contribution in [3.63, 3.8) is 0 Å². The molecule has 0 radical (unpaired) electrons. The Kier molecular flexibility index (Phi) is 7.61. The number of para-hydroxylation sites is 1. The minimum Gasteiger partial charge on any atom is -0.496 e. The van der Waals surface area contributed by atoms with Gasteiger partial charge in [0.2, 0.25) is 0 Å². The van der Waals surface area contributed by atoms with Crippen LogP contribution in [0.3, 0.4) is 0 Å². The topological polar surface area (TPSA) is 105 Å². The van der Waals surface area contributed by atoms with Gasteiger partial charge in [-0.2, -0.15) is 0 Å². The van der Waals surface area contributed by atoms with Crippen LogP contribution in [0, 0.1) is 5.92 Å². The summed E-state index contributed by atoms with van der Waals surface area (Å²) in [6.45, 7) is 5.17. The molecule has 0 saturated carbocycles. The van der Waals surface area contributed by atoms with Crippen LogP contribution in [-0.2, 0) is 14.8 Å². The minimum absolute atomic E-state index is 0.0827. The zero-order valence-electron chi connectivity index (χ0n) is 20.0. The second-order valence-corrected chi connectivity index (χ2v) is 10.6. The molecule has 2 amide bonds. The van der Waals surface area contributed by atoms with E-state index in [0.717, 1.165) is 12.8 Å². The number of carbonyl (C=O) groups is 2. The summed E-state index contributed by atoms with van der Waals surface area (Å²) in [5, 5.41) is 0. The lowest BCUT2D eigenvalue weighted by Gasteiger charge is -2.30. The van der Waals surface area contributed by atoms with Crippen molar-refractivity contribution in [2.45, 2.75) is 24.7 Å². The van der Waals surface area contributed by atoms with E-state index in [2.05, 4.69) is 11.6 Å². The normalized spacial score (nSPS) is 17.2. The summed E-state index contributed by atoms with van der Waals surface area (Å²) in [4.78, 5) is 29.5. The molecule has 2 heterocycles. The number of likely N-dealkylation sites (tertiary alicyclic amines) is 1. The van der Waals surface area contributed by atoms with Gasteiger partial charge in [0.25, 0.3) is 21.8 Å². The lowest BCUT2D eigenvalue weighted by Crippen LogP contribution is -2.41. The summed E-state index contributed by atoms with van der Waals surface area (Å²) < 4.78 is 39.9. The number of carbonyl (C=O) groups excluding carboxylic acids is 2. The molecular weight excluding hydrogens is 470 g/mol. The van der Waals surface area contributed by atoms with Crippen LogP contribution in [-0.4, -0.2) is 76.5 Å². The predicted octanol–water partition coefficient (Wildman–Crippen LogP) is 2.84. The molecule has 0 atom stereocenters. The monoisotopic (exact) mass is 501 g/mol. The van der Waals surface area contributed by atoms with Crippen LogP contribution in [0.4, 0.5) is 5.69 Å². The number of hydrogen-bond acceptors (Lipinski definition) is 6. The maximum atomic E-state index is 13.3. The smallest absolute Gasteiger partial charge is 0.261 e. The first-order valence-corrected chi connectivity index (χ1v) is 13.2. The van der Waals surface area contributed by atoms with E-state index in [-0.39, 0.29) is 33.5 Å². The molecular formula is C25H31N3O6S. The molecule has 4 rings (SSSR count). The second-order valence-electron chi connectivity index (χ2n) is 8.89. The van der Waals surface area contributed by atoms with Gasteiger partial charge in [0.1, 0.15) is 5.75 Å². The molecule has 2 aromatic carbocycles. The first-order valence-electron chi connectivity index (χ1n) is 11.8. The average molecular weight is 502 g/mol. The van der Waals surface area contributed by atoms with Gasteiger partial charge in [-0.1, -0.05) is 19.1 Å². The third kappa shape index (κ3) is 5.59. The molecule has 0 unspecified atom stereocenters. The van der Waals surface area contributed by atoms with E-state index in [4.69, 9.17) is 9.47 Å². The third-order valence-corrected chi connectivity index (χ3v) is 7.85. The number of nitrogens with zero attached hydrogens (tertiary/aromatic N) is 2. The molecule has 1 N–H and O–H groups in total. The molecule has 188 valence electrons. The van der Waals surface area contributed by atoms with Crippen LogP contribution in [0.5, 0.6) is 5.75 Å². The number of hydrogen-bond donors (Lipinski definition) is 1. The Morgan fingerprint density at radius 3 is 2.26 bits per heavy atom. The van der Waals surface area contributed by atoms with Gasteiger partial charge in [0, 0.05) is 26.2 Å². The maximum absolute atomic E-state index is 13.3. The van der Waals surface area contributed by atoms with E-state index in [1.807, 2.05) is 0 Å². The summed E-state index contributed by atoms with van der Waals surface area (Å²) >= 11 is 0. The van der Waals surface area contributed by atoms with Gasteiger partial charge in [-0.3, -0.25) is 14.3 Å². The molecule has 9 nitrogen and oxygen atoms in total. The lowest BCUT2D eigenvalue weighted by molar-refractivity contribution is 0.0303. The van der Waals surface area contributed by atoms with Crippen molar-refractivity contribution in [1.82, 2.24) is 9.80 Å². The fraction of sp³-hybridized carbons (Fsp3) is 0.440. The van der Waals surface area contributed by atoms with Crippen LogP contribution >= 0.6 is 0 Å². The van der Waals surface area contributed by atoms with E-state index >= 15 is 0 Å². The number of morpholine rings is 1. The van der Waals surface area contributed by atoms with Crippen LogP contribution in [0.2, 0.25) is 0 Å². The highest BCUT2D eigenvalue weighted by molar-refractivity contribution is 7.92. The molecule has 2 fully saturated rings. The minimum atomic E-state index is -4.09. The van der Waals surface area contributed by atoms with Crippen molar-refractivity contribution < 1.29 is 27.5 Å². The molecule has 2 aliphatic rings. The molecule has 2 aromatic rings. The Balaban J connectivity index is 1.61. The maximum Gasteiger partial charge on any atom is 0.261 e. The SMILES string of the molecule is COc1ccc(S(=O)(=O)Nc2ccccc2C(=O)N2CCOCC2)cc1C(=O)N1CCC(C)CC1. The zero-order valence-corrected chi connectivity index (χ0v) is 20.8. The number of sulfonamides is 1. The van der Waals surface area contributed by atoms with Crippen molar-refractivity contribution in [3.8, 4) is 5.75 Å². The van der Waals surface area contributed by atoms with Crippen molar-refractivity contribution >= 4 is 27.5 Å². The number of methoxy groups -OCH3 is 1. The van der Waals surface area contributed by atoms with Gasteiger partial charge >= 0.3 is 0 Å². The standard InChI is InChI=1S/C25H31N3O6S/c1-18-9-11-27(12-10-18)25(30)21-17-19(7-8-23(21)33-2)35(31,32)26-22-6-4-3-5-20(22)24(29)28-13-15-34-16-14-28/h3-8,17-18,26H,9-16H2,1-2H3. The van der Waals surface area contributed by atoms with Crippen molar-refractivity contribution in [2.75, 3.05) is 51.2 Å². The van der Waals surface area contributed by atoms with Gasteiger partial charge in [0.15, 0.2) is 0 Å². The molecule has 10 heteroatoms. The predicted molar refractivity (Wildman–Crippen MR) is 131 cm³/mol. The number of rotatable bonds is 6. The Morgan fingerprint density at radius 1 is 0.943 bits per heavy atom. The van der Waals surface area contributed by atoms with E-state index < -0.39 is 10.0 Å². The molecule has 0 bridgehead atoms. The fourth-order valence-electron chi connectivity index (χ4n) is 4.30. The van der Waals surface area contributed by atoms with Crippen molar-refractivity contribution in [3.05, 3.63) is 53.6 Å². The number of nitrogens with one attached hydrogen (secondary N) is 1. The number of anilines is 1. The van der Waals surface area contributed by atoms with E-state index in [1.54, 1.807) is 34.1 Å². The Bertz CT molecular complexity index is 1190. The summed E-state index contributed by atoms with van der Waals surface area (Å²) in [5.74, 6) is 0.345. The second kappa shape index (κ2) is 10.7. The van der Waals surface area contributed by atoms with Gasteiger partial charge in [-0.15, -0.1) is 0 Å². The van der Waals surface area contributed by atoms with Crippen LogP contribution in [0.15, 0.2) is 47.4 Å². The summed E-state index contributed by atoms with van der Waals surface area (Å²) in [6, 6.07) is 10.7. The first-order chi connectivity index (χ1) is 16.8. The highest BCUT2D eigenvalue weighted by Gasteiger charge is 2.27. The van der Waals surface area contributed by atoms with Crippen LogP contribution < -0.4 is 9.46 Å². The number of amides is 2. The van der Waals surface area contributed by atoms with Crippen molar-refractivity contribution in [2.24, 2.45) is 5.92 Å². The summed E-state index contributed by atoms with van der Waals surface area (Å²) in [6.07, 6.45) is 1.81. The Morgan fingerprint density at radius 2 is 1.57 bits per heavy atom. The number of ether oxygens (including phenoxy) is 2. The van der Waals surface area contributed by atoms with Gasteiger partial charge < -0.3 is 19.3 Å². The number of piperidine rings is 1. The third-order valence-electron chi connectivity index (χ3n) is 6.48. The van der Waals surface area contributed by atoms with E-state index in [9.17, 15) is 18.0 Å². The number of benzene rings is 2. The molecule has 2 aliphatic heterocycles.